The summed E-state index contributed by atoms with van der Waals surface area (Å²) in [4.78, 5) is 0. The van der Waals surface area contributed by atoms with Gasteiger partial charge in [0.2, 0.25) is 0 Å². The van der Waals surface area contributed by atoms with E-state index in [2.05, 4.69) is 42.7 Å². The first-order valence-corrected chi connectivity index (χ1v) is 13.0. The first kappa shape index (κ1) is 20.7. The summed E-state index contributed by atoms with van der Waals surface area (Å²) in [5.74, 6) is 10.4. The lowest BCUT2D eigenvalue weighted by Crippen LogP contribution is -2.53. The van der Waals surface area contributed by atoms with Crippen molar-refractivity contribution in [1.82, 2.24) is 9.78 Å². The fraction of sp³-hybridized carbons (Fsp3) is 0.821. The van der Waals surface area contributed by atoms with Gasteiger partial charge < -0.3 is 0 Å². The van der Waals surface area contributed by atoms with Crippen molar-refractivity contribution in [1.29, 1.82) is 0 Å². The molecule has 5 rings (SSSR count). The first-order chi connectivity index (χ1) is 14.5. The van der Waals surface area contributed by atoms with Crippen LogP contribution < -0.4 is 0 Å². The molecule has 4 aliphatic rings. The van der Waals surface area contributed by atoms with Crippen LogP contribution in [-0.2, 0) is 6.54 Å². The van der Waals surface area contributed by atoms with Crippen LogP contribution in [0.25, 0.3) is 0 Å². The van der Waals surface area contributed by atoms with E-state index in [-0.39, 0.29) is 0 Å². The van der Waals surface area contributed by atoms with Crippen molar-refractivity contribution in [3.63, 3.8) is 0 Å². The largest absolute Gasteiger partial charge is 0.271 e. The molecule has 0 aliphatic heterocycles. The molecule has 0 radical (unpaired) electrons. The van der Waals surface area contributed by atoms with Crippen molar-refractivity contribution in [3.8, 4) is 12.3 Å². The number of hydrogen-bond donors (Lipinski definition) is 0. The SMILES string of the molecule is C#Cc1cnn(CC(C)C2CCCC3C4CCC5CC(C)CCC5C4CCC23C)c1. The Balaban J connectivity index is 1.33. The maximum atomic E-state index is 5.56. The zero-order valence-corrected chi connectivity index (χ0v) is 19.5. The monoisotopic (exact) mass is 406 g/mol. The van der Waals surface area contributed by atoms with Crippen molar-refractivity contribution in [2.45, 2.75) is 91.5 Å². The van der Waals surface area contributed by atoms with Crippen LogP contribution in [0.3, 0.4) is 0 Å². The van der Waals surface area contributed by atoms with Crippen LogP contribution in [0, 0.1) is 65.1 Å². The predicted octanol–water partition coefficient (Wildman–Crippen LogP) is 6.80. The van der Waals surface area contributed by atoms with E-state index in [0.29, 0.717) is 11.3 Å². The summed E-state index contributed by atoms with van der Waals surface area (Å²) in [5.41, 5.74) is 1.45. The Hall–Kier alpha value is -1.23. The third kappa shape index (κ3) is 3.45. The third-order valence-corrected chi connectivity index (χ3v) is 10.5. The predicted molar refractivity (Wildman–Crippen MR) is 124 cm³/mol. The van der Waals surface area contributed by atoms with Crippen molar-refractivity contribution in [2.75, 3.05) is 0 Å². The molecule has 2 nitrogen and oxygen atoms in total. The van der Waals surface area contributed by atoms with E-state index in [9.17, 15) is 0 Å². The average Bonchev–Trinajstić information content (AvgIpc) is 3.19. The highest BCUT2D eigenvalue weighted by atomic mass is 15.3. The van der Waals surface area contributed by atoms with Crippen molar-refractivity contribution < 1.29 is 0 Å². The Labute approximate surface area is 184 Å². The Bertz CT molecular complexity index is 787. The minimum Gasteiger partial charge on any atom is -0.271 e. The summed E-state index contributed by atoms with van der Waals surface area (Å²) >= 11 is 0. The van der Waals surface area contributed by atoms with Crippen LogP contribution >= 0.6 is 0 Å². The smallest absolute Gasteiger partial charge is 0.0646 e. The molecule has 0 spiro atoms. The molecular formula is C28H42N2. The molecule has 1 aromatic heterocycles. The minimum atomic E-state index is 0.537. The van der Waals surface area contributed by atoms with Gasteiger partial charge in [0.15, 0.2) is 0 Å². The number of terminal acetylenes is 1. The van der Waals surface area contributed by atoms with Gasteiger partial charge in [-0.1, -0.05) is 39.5 Å². The summed E-state index contributed by atoms with van der Waals surface area (Å²) < 4.78 is 2.10. The quantitative estimate of drug-likeness (QED) is 0.505. The molecule has 0 saturated heterocycles. The first-order valence-electron chi connectivity index (χ1n) is 13.0. The molecular weight excluding hydrogens is 364 g/mol. The number of rotatable bonds is 3. The van der Waals surface area contributed by atoms with Gasteiger partial charge in [-0.15, -0.1) is 6.42 Å². The molecule has 0 aromatic carbocycles. The summed E-state index contributed by atoms with van der Waals surface area (Å²) in [6.45, 7) is 8.70. The van der Waals surface area contributed by atoms with Crippen LogP contribution in [0.15, 0.2) is 12.4 Å². The zero-order chi connectivity index (χ0) is 20.9. The number of hydrogen-bond acceptors (Lipinski definition) is 1. The lowest BCUT2D eigenvalue weighted by molar-refractivity contribution is -0.121. The van der Waals surface area contributed by atoms with E-state index in [1.165, 1.54) is 64.2 Å². The van der Waals surface area contributed by atoms with Crippen molar-refractivity contribution in [2.24, 2.45) is 52.8 Å². The molecule has 9 unspecified atom stereocenters. The lowest BCUT2D eigenvalue weighted by Gasteiger charge is -2.61. The van der Waals surface area contributed by atoms with E-state index >= 15 is 0 Å². The van der Waals surface area contributed by atoms with Gasteiger partial charge in [-0.2, -0.15) is 5.10 Å². The summed E-state index contributed by atoms with van der Waals surface area (Å²) in [6, 6.07) is 0. The van der Waals surface area contributed by atoms with E-state index in [4.69, 9.17) is 6.42 Å². The Morgan fingerprint density at radius 2 is 1.97 bits per heavy atom. The molecule has 30 heavy (non-hydrogen) atoms. The summed E-state index contributed by atoms with van der Waals surface area (Å²) in [7, 11) is 0. The minimum absolute atomic E-state index is 0.537. The van der Waals surface area contributed by atoms with E-state index in [1.54, 1.807) is 0 Å². The van der Waals surface area contributed by atoms with Gasteiger partial charge in [0, 0.05) is 12.7 Å². The van der Waals surface area contributed by atoms with E-state index in [1.807, 2.05) is 6.20 Å². The van der Waals surface area contributed by atoms with Gasteiger partial charge in [0.25, 0.3) is 0 Å². The van der Waals surface area contributed by atoms with Crippen LogP contribution in [-0.4, -0.2) is 9.78 Å². The Morgan fingerprint density at radius 3 is 2.77 bits per heavy atom. The number of nitrogens with zero attached hydrogens (tertiary/aromatic N) is 2. The van der Waals surface area contributed by atoms with Gasteiger partial charge in [-0.05, 0) is 104 Å². The molecule has 1 aromatic rings. The second-order valence-corrected chi connectivity index (χ2v) is 12.0. The lowest BCUT2D eigenvalue weighted by atomic mass is 9.44. The van der Waals surface area contributed by atoms with Gasteiger partial charge in [0.05, 0.1) is 11.8 Å². The Morgan fingerprint density at radius 1 is 1.13 bits per heavy atom. The molecule has 0 amide bonds. The fourth-order valence-corrected chi connectivity index (χ4v) is 9.22. The van der Waals surface area contributed by atoms with Gasteiger partial charge >= 0.3 is 0 Å². The van der Waals surface area contributed by atoms with Crippen LogP contribution in [0.5, 0.6) is 0 Å². The standard InChI is InChI=1S/C28H42N2/c1-5-21-16-29-30(18-21)17-20(3)26-7-6-8-27-25-12-10-22-15-19(2)9-11-23(22)24(25)13-14-28(26,27)4/h1,16,18-20,22-27H,6-15,17H2,2-4H3. The van der Waals surface area contributed by atoms with Crippen LogP contribution in [0.1, 0.15) is 90.5 Å². The molecule has 9 atom stereocenters. The highest BCUT2D eigenvalue weighted by Gasteiger charge is 2.55. The summed E-state index contributed by atoms with van der Waals surface area (Å²) in [5, 5.41) is 4.54. The topological polar surface area (TPSA) is 17.8 Å². The second kappa shape index (κ2) is 8.03. The summed E-state index contributed by atoms with van der Waals surface area (Å²) in [6.07, 6.45) is 24.4. The molecule has 4 aliphatic carbocycles. The van der Waals surface area contributed by atoms with Crippen LogP contribution in [0.4, 0.5) is 0 Å². The van der Waals surface area contributed by atoms with Gasteiger partial charge in [-0.25, -0.2) is 0 Å². The van der Waals surface area contributed by atoms with E-state index in [0.717, 1.165) is 53.5 Å². The van der Waals surface area contributed by atoms with Crippen molar-refractivity contribution in [3.05, 3.63) is 18.0 Å². The Kier molecular flexibility index (Phi) is 5.53. The highest BCUT2D eigenvalue weighted by molar-refractivity contribution is 5.26. The van der Waals surface area contributed by atoms with Crippen molar-refractivity contribution >= 4 is 0 Å². The highest BCUT2D eigenvalue weighted by Crippen LogP contribution is 2.64. The second-order valence-electron chi connectivity index (χ2n) is 12.0. The molecule has 164 valence electrons. The molecule has 1 heterocycles. The van der Waals surface area contributed by atoms with Crippen LogP contribution in [0.2, 0.25) is 0 Å². The normalized spacial score (nSPS) is 44.3. The molecule has 0 bridgehead atoms. The molecule has 2 heteroatoms. The van der Waals surface area contributed by atoms with Gasteiger partial charge in [-0.3, -0.25) is 4.68 Å². The molecule has 4 fully saturated rings. The third-order valence-electron chi connectivity index (χ3n) is 10.5. The van der Waals surface area contributed by atoms with Gasteiger partial charge in [0.1, 0.15) is 0 Å². The van der Waals surface area contributed by atoms with E-state index < -0.39 is 0 Å². The molecule has 4 saturated carbocycles. The maximum absolute atomic E-state index is 5.56. The average molecular weight is 407 g/mol. The molecule has 0 N–H and O–H groups in total. The zero-order valence-electron chi connectivity index (χ0n) is 19.5. The fourth-order valence-electron chi connectivity index (χ4n) is 9.22. The number of aromatic nitrogens is 2. The maximum Gasteiger partial charge on any atom is 0.0646 e. The number of fused-ring (bicyclic) bond motifs is 5.